The molecular formula is C25H20Cl2N2O5. The van der Waals surface area contributed by atoms with Gasteiger partial charge in [-0.05, 0) is 37.1 Å². The van der Waals surface area contributed by atoms with E-state index in [2.05, 4.69) is 0 Å². The van der Waals surface area contributed by atoms with Gasteiger partial charge in [0.1, 0.15) is 5.75 Å². The molecule has 3 atom stereocenters. The van der Waals surface area contributed by atoms with Crippen LogP contribution in [0.2, 0.25) is 10.0 Å². The number of nitrogens with zero attached hydrogens (tertiary/aromatic N) is 2. The number of carbonyl (C=O) groups excluding carboxylic acids is 4. The number of hydrogen-bond donors (Lipinski definition) is 0. The number of rotatable bonds is 4. The van der Waals surface area contributed by atoms with Gasteiger partial charge in [0.2, 0.25) is 17.7 Å². The smallest absolute Gasteiger partial charge is 0.316 e. The Morgan fingerprint density at radius 1 is 0.941 bits per heavy atom. The van der Waals surface area contributed by atoms with E-state index in [-0.39, 0.29) is 53.3 Å². The fourth-order valence-corrected chi connectivity index (χ4v) is 5.14. The zero-order chi connectivity index (χ0) is 24.0. The lowest BCUT2D eigenvalue weighted by Crippen LogP contribution is -2.31. The predicted octanol–water partition coefficient (Wildman–Crippen LogP) is 4.41. The summed E-state index contributed by atoms with van der Waals surface area (Å²) < 4.78 is 5.54. The molecule has 0 saturated carbocycles. The number of ether oxygens (including phenoxy) is 1. The second kappa shape index (κ2) is 8.89. The number of fused-ring (bicyclic) bond motifs is 1. The first kappa shape index (κ1) is 22.6. The quantitative estimate of drug-likeness (QED) is 0.270. The number of hydrogen-bond acceptors (Lipinski definition) is 5. The number of anilines is 2. The largest absolute Gasteiger partial charge is 0.426 e. The van der Waals surface area contributed by atoms with Crippen LogP contribution in [-0.4, -0.2) is 30.2 Å². The summed E-state index contributed by atoms with van der Waals surface area (Å²) in [5.74, 6) is -2.52. The van der Waals surface area contributed by atoms with Crippen molar-refractivity contribution in [2.24, 2.45) is 17.8 Å². The molecule has 0 unspecified atom stereocenters. The van der Waals surface area contributed by atoms with Gasteiger partial charge in [-0.25, -0.2) is 4.90 Å². The van der Waals surface area contributed by atoms with Gasteiger partial charge in [-0.1, -0.05) is 47.5 Å². The summed E-state index contributed by atoms with van der Waals surface area (Å²) in [6.07, 6.45) is 4.92. The van der Waals surface area contributed by atoms with Gasteiger partial charge in [0.05, 0.1) is 39.2 Å². The van der Waals surface area contributed by atoms with E-state index in [0.717, 1.165) is 0 Å². The Morgan fingerprint density at radius 3 is 2.32 bits per heavy atom. The first-order valence-electron chi connectivity index (χ1n) is 10.9. The number of amides is 3. The fraction of sp³-hybridized carbons (Fsp3) is 0.280. The van der Waals surface area contributed by atoms with Crippen molar-refractivity contribution >= 4 is 58.3 Å². The SMILES string of the molecule is O=C(Oc1cccc(N2C(=O)[C@@H]3CC=CC[C@H]3C2=O)c1)[C@@H]1CC(=O)N(c2cccc(Cl)c2Cl)C1. The third-order valence-electron chi connectivity index (χ3n) is 6.48. The number of allylic oxidation sites excluding steroid dienone is 2. The van der Waals surface area contributed by atoms with Gasteiger partial charge < -0.3 is 9.64 Å². The molecule has 2 aromatic rings. The molecule has 2 aromatic carbocycles. The van der Waals surface area contributed by atoms with Crippen molar-refractivity contribution in [2.75, 3.05) is 16.3 Å². The Bertz CT molecular complexity index is 1220. The minimum Gasteiger partial charge on any atom is -0.426 e. The van der Waals surface area contributed by atoms with Gasteiger partial charge in [-0.3, -0.25) is 19.2 Å². The van der Waals surface area contributed by atoms with Crippen LogP contribution in [0.25, 0.3) is 0 Å². The second-order valence-corrected chi connectivity index (χ2v) is 9.35. The first-order valence-corrected chi connectivity index (χ1v) is 11.7. The summed E-state index contributed by atoms with van der Waals surface area (Å²) in [6.45, 7) is 0.108. The molecule has 2 heterocycles. The van der Waals surface area contributed by atoms with Crippen molar-refractivity contribution in [1.82, 2.24) is 0 Å². The lowest BCUT2D eigenvalue weighted by molar-refractivity contribution is -0.139. The Morgan fingerprint density at radius 2 is 1.62 bits per heavy atom. The summed E-state index contributed by atoms with van der Waals surface area (Å²) >= 11 is 12.3. The monoisotopic (exact) mass is 498 g/mol. The van der Waals surface area contributed by atoms with Gasteiger partial charge >= 0.3 is 5.97 Å². The van der Waals surface area contributed by atoms with Crippen LogP contribution in [0.5, 0.6) is 5.75 Å². The highest BCUT2D eigenvalue weighted by atomic mass is 35.5. The van der Waals surface area contributed by atoms with Crippen molar-refractivity contribution in [3.05, 3.63) is 64.7 Å². The third-order valence-corrected chi connectivity index (χ3v) is 7.29. The van der Waals surface area contributed by atoms with Crippen molar-refractivity contribution < 1.29 is 23.9 Å². The molecule has 2 fully saturated rings. The van der Waals surface area contributed by atoms with Crippen LogP contribution in [0, 0.1) is 17.8 Å². The highest BCUT2D eigenvalue weighted by Crippen LogP contribution is 2.39. The molecule has 3 amide bonds. The normalized spacial score (nSPS) is 24.1. The zero-order valence-corrected chi connectivity index (χ0v) is 19.5. The summed E-state index contributed by atoms with van der Waals surface area (Å²) in [4.78, 5) is 53.7. The molecule has 34 heavy (non-hydrogen) atoms. The van der Waals surface area contributed by atoms with E-state index in [4.69, 9.17) is 27.9 Å². The van der Waals surface area contributed by atoms with Crippen LogP contribution in [0.4, 0.5) is 11.4 Å². The lowest BCUT2D eigenvalue weighted by Gasteiger charge is -2.18. The minimum atomic E-state index is -0.699. The van der Waals surface area contributed by atoms with Crippen LogP contribution >= 0.6 is 23.2 Å². The van der Waals surface area contributed by atoms with Gasteiger partial charge in [-0.2, -0.15) is 0 Å². The van der Waals surface area contributed by atoms with Crippen LogP contribution in [-0.2, 0) is 19.2 Å². The van der Waals surface area contributed by atoms with E-state index in [1.807, 2.05) is 12.2 Å². The Kier molecular flexibility index (Phi) is 5.91. The van der Waals surface area contributed by atoms with Crippen molar-refractivity contribution in [1.29, 1.82) is 0 Å². The first-order chi connectivity index (χ1) is 16.3. The fourth-order valence-electron chi connectivity index (χ4n) is 4.74. The molecule has 0 spiro atoms. The topological polar surface area (TPSA) is 84.0 Å². The molecule has 0 aromatic heterocycles. The number of carbonyl (C=O) groups is 4. The molecular weight excluding hydrogens is 479 g/mol. The van der Waals surface area contributed by atoms with E-state index in [9.17, 15) is 19.2 Å². The van der Waals surface area contributed by atoms with Crippen LogP contribution < -0.4 is 14.5 Å². The molecule has 5 rings (SSSR count). The molecule has 1 aliphatic carbocycles. The molecule has 2 aliphatic heterocycles. The average molecular weight is 499 g/mol. The maximum atomic E-state index is 12.9. The summed E-state index contributed by atoms with van der Waals surface area (Å²) in [6, 6.07) is 11.3. The van der Waals surface area contributed by atoms with Crippen LogP contribution in [0.1, 0.15) is 19.3 Å². The van der Waals surface area contributed by atoms with E-state index < -0.39 is 11.9 Å². The average Bonchev–Trinajstić information content (AvgIpc) is 3.33. The Hall–Kier alpha value is -3.16. The zero-order valence-electron chi connectivity index (χ0n) is 17.9. The van der Waals surface area contributed by atoms with Gasteiger partial charge in [0.25, 0.3) is 0 Å². The lowest BCUT2D eigenvalue weighted by atomic mass is 9.85. The van der Waals surface area contributed by atoms with Gasteiger partial charge in [0, 0.05) is 19.0 Å². The van der Waals surface area contributed by atoms with Crippen molar-refractivity contribution in [3.8, 4) is 5.75 Å². The maximum Gasteiger partial charge on any atom is 0.316 e. The highest BCUT2D eigenvalue weighted by Gasteiger charge is 2.48. The van der Waals surface area contributed by atoms with Crippen LogP contribution in [0.3, 0.4) is 0 Å². The predicted molar refractivity (Wildman–Crippen MR) is 127 cm³/mol. The standard InChI is InChI=1S/C25H20Cl2N2O5/c26-19-9-4-10-20(22(19)27)28-13-14(11-21(28)30)25(33)34-16-6-3-5-15(12-16)29-23(31)17-7-1-2-8-18(17)24(29)32/h1-6,9-10,12,14,17-18H,7-8,11,13H2/t14-,17-,18-/m1/s1. The van der Waals surface area contributed by atoms with E-state index in [1.54, 1.807) is 36.4 Å². The Balaban J connectivity index is 1.30. The van der Waals surface area contributed by atoms with Crippen molar-refractivity contribution in [3.63, 3.8) is 0 Å². The van der Waals surface area contributed by atoms with Crippen LogP contribution in [0.15, 0.2) is 54.6 Å². The molecule has 174 valence electrons. The van der Waals surface area contributed by atoms with Gasteiger partial charge in [-0.15, -0.1) is 0 Å². The van der Waals surface area contributed by atoms with E-state index in [0.29, 0.717) is 29.2 Å². The van der Waals surface area contributed by atoms with E-state index in [1.165, 1.54) is 15.9 Å². The molecule has 0 radical (unpaired) electrons. The minimum absolute atomic E-state index is 0.0270. The molecule has 0 bridgehead atoms. The molecule has 7 nitrogen and oxygen atoms in total. The molecule has 2 saturated heterocycles. The number of halogens is 2. The second-order valence-electron chi connectivity index (χ2n) is 8.56. The maximum absolute atomic E-state index is 12.9. The third kappa shape index (κ3) is 3.89. The summed E-state index contributed by atoms with van der Waals surface area (Å²) in [5, 5.41) is 0.561. The molecule has 3 aliphatic rings. The number of imide groups is 1. The Labute approximate surface area is 205 Å². The number of benzene rings is 2. The highest BCUT2D eigenvalue weighted by molar-refractivity contribution is 6.44. The van der Waals surface area contributed by atoms with E-state index >= 15 is 0 Å². The summed E-state index contributed by atoms with van der Waals surface area (Å²) in [7, 11) is 0. The summed E-state index contributed by atoms with van der Waals surface area (Å²) in [5.41, 5.74) is 0.808. The van der Waals surface area contributed by atoms with Crippen molar-refractivity contribution in [2.45, 2.75) is 19.3 Å². The molecule has 0 N–H and O–H groups in total. The number of esters is 1. The van der Waals surface area contributed by atoms with Gasteiger partial charge in [0.15, 0.2) is 0 Å². The molecule has 9 heteroatoms.